The van der Waals surface area contributed by atoms with Crippen molar-refractivity contribution in [3.05, 3.63) is 51.9 Å². The highest BCUT2D eigenvalue weighted by Crippen LogP contribution is 2.31. The zero-order valence-electron chi connectivity index (χ0n) is 18.0. The number of anilines is 1. The number of nitrogens with one attached hydrogen (secondary N) is 1. The van der Waals surface area contributed by atoms with Gasteiger partial charge in [-0.2, -0.15) is 4.31 Å². The van der Waals surface area contributed by atoms with Crippen molar-refractivity contribution in [2.45, 2.75) is 46.1 Å². The van der Waals surface area contributed by atoms with Gasteiger partial charge in [-0.3, -0.25) is 4.79 Å². The van der Waals surface area contributed by atoms with E-state index in [1.54, 1.807) is 12.3 Å². The first-order chi connectivity index (χ1) is 14.6. The minimum atomic E-state index is -3.63. The maximum Gasteiger partial charge on any atom is 0.240 e. The number of rotatable bonds is 5. The lowest BCUT2D eigenvalue weighted by atomic mass is 9.97. The molecule has 1 saturated heterocycles. The molecule has 1 aromatic carbocycles. The number of sulfonamides is 1. The number of piperidine rings is 1. The first-order valence-corrected chi connectivity index (χ1v) is 12.7. The lowest BCUT2D eigenvalue weighted by Crippen LogP contribution is -2.42. The van der Waals surface area contributed by atoms with Crippen LogP contribution in [0.1, 0.15) is 40.0 Å². The van der Waals surface area contributed by atoms with Crippen LogP contribution in [-0.2, 0) is 14.8 Å². The maximum atomic E-state index is 14.0. The number of nitrogens with zero attached hydrogens (tertiary/aromatic N) is 2. The molecule has 9 heteroatoms. The Balaban J connectivity index is 1.67. The molecule has 1 aromatic rings. The van der Waals surface area contributed by atoms with Gasteiger partial charge >= 0.3 is 0 Å². The summed E-state index contributed by atoms with van der Waals surface area (Å²) in [6.45, 7) is 6.48. The van der Waals surface area contributed by atoms with E-state index in [2.05, 4.69) is 21.2 Å². The van der Waals surface area contributed by atoms with Gasteiger partial charge in [0.25, 0.3) is 0 Å². The Labute approximate surface area is 192 Å². The molecule has 6 nitrogen and oxygen atoms in total. The van der Waals surface area contributed by atoms with Gasteiger partial charge in [0.2, 0.25) is 15.9 Å². The van der Waals surface area contributed by atoms with Crippen LogP contribution in [0.15, 0.2) is 46.1 Å². The molecule has 0 radical (unpaired) electrons. The summed E-state index contributed by atoms with van der Waals surface area (Å²) >= 11 is 3.19. The van der Waals surface area contributed by atoms with Gasteiger partial charge in [-0.25, -0.2) is 12.8 Å². The molecule has 0 bridgehead atoms. The van der Waals surface area contributed by atoms with Crippen LogP contribution in [0.2, 0.25) is 0 Å². The predicted octanol–water partition coefficient (Wildman–Crippen LogP) is 4.67. The Kier molecular flexibility index (Phi) is 7.59. The molecule has 2 heterocycles. The van der Waals surface area contributed by atoms with Crippen molar-refractivity contribution in [2.75, 3.05) is 18.4 Å². The van der Waals surface area contributed by atoms with Crippen molar-refractivity contribution in [3.63, 3.8) is 0 Å². The third-order valence-electron chi connectivity index (χ3n) is 5.78. The van der Waals surface area contributed by atoms with Crippen LogP contribution in [0.4, 0.5) is 10.1 Å². The molecule has 170 valence electrons. The van der Waals surface area contributed by atoms with Gasteiger partial charge in [0.15, 0.2) is 0 Å². The number of hydrogen-bond acceptors (Lipinski definition) is 4. The summed E-state index contributed by atoms with van der Waals surface area (Å²) in [6.07, 6.45) is 7.13. The van der Waals surface area contributed by atoms with Gasteiger partial charge in [0.05, 0.1) is 10.6 Å². The van der Waals surface area contributed by atoms with Crippen molar-refractivity contribution < 1.29 is 17.6 Å². The molecule has 3 rings (SSSR count). The SMILES string of the molecule is CC1CC=CN(C(C)C)C=C1S(=O)(=O)N1CCC(C(=O)Nc2ccc(Br)cc2F)CC1. The molecule has 0 saturated carbocycles. The molecule has 31 heavy (non-hydrogen) atoms. The third-order valence-corrected chi connectivity index (χ3v) is 8.42. The molecular formula is C22H29BrFN3O3S. The topological polar surface area (TPSA) is 69.7 Å². The van der Waals surface area contributed by atoms with E-state index in [9.17, 15) is 17.6 Å². The van der Waals surface area contributed by atoms with Crippen LogP contribution < -0.4 is 5.32 Å². The van der Waals surface area contributed by atoms with Crippen molar-refractivity contribution in [1.82, 2.24) is 9.21 Å². The van der Waals surface area contributed by atoms with E-state index in [0.717, 1.165) is 0 Å². The maximum absolute atomic E-state index is 14.0. The van der Waals surface area contributed by atoms with E-state index in [1.165, 1.54) is 16.4 Å². The number of benzene rings is 1. The lowest BCUT2D eigenvalue weighted by molar-refractivity contribution is -0.120. The molecule has 1 N–H and O–H groups in total. The Bertz CT molecular complexity index is 986. The van der Waals surface area contributed by atoms with E-state index >= 15 is 0 Å². The smallest absolute Gasteiger partial charge is 0.240 e. The summed E-state index contributed by atoms with van der Waals surface area (Å²) in [5, 5.41) is 2.63. The molecule has 1 unspecified atom stereocenters. The normalized spacial score (nSPS) is 21.2. The Hall–Kier alpha value is -1.71. The van der Waals surface area contributed by atoms with Gasteiger partial charge in [-0.05, 0) is 63.4 Å². The Morgan fingerprint density at radius 1 is 1.26 bits per heavy atom. The van der Waals surface area contributed by atoms with Crippen LogP contribution in [0.25, 0.3) is 0 Å². The second-order valence-electron chi connectivity index (χ2n) is 8.39. The summed E-state index contributed by atoms with van der Waals surface area (Å²) in [5.74, 6) is -1.27. The molecule has 1 atom stereocenters. The molecule has 0 spiro atoms. The average Bonchev–Trinajstić information content (AvgIpc) is 2.92. The van der Waals surface area contributed by atoms with Crippen LogP contribution >= 0.6 is 15.9 Å². The second-order valence-corrected chi connectivity index (χ2v) is 11.2. The van der Waals surface area contributed by atoms with Crippen molar-refractivity contribution in [3.8, 4) is 0 Å². The predicted molar refractivity (Wildman–Crippen MR) is 124 cm³/mol. The highest BCUT2D eigenvalue weighted by atomic mass is 79.9. The Morgan fingerprint density at radius 3 is 2.55 bits per heavy atom. The van der Waals surface area contributed by atoms with Gasteiger partial charge in [0, 0.05) is 35.7 Å². The fourth-order valence-corrected chi connectivity index (χ4v) is 5.98. The molecule has 2 aliphatic heterocycles. The quantitative estimate of drug-likeness (QED) is 0.620. The summed E-state index contributed by atoms with van der Waals surface area (Å²) in [4.78, 5) is 14.9. The van der Waals surface area contributed by atoms with Crippen LogP contribution in [0, 0.1) is 17.7 Å². The van der Waals surface area contributed by atoms with Gasteiger partial charge in [-0.15, -0.1) is 0 Å². The van der Waals surface area contributed by atoms with Gasteiger partial charge in [0.1, 0.15) is 5.82 Å². The molecule has 0 aliphatic carbocycles. The van der Waals surface area contributed by atoms with E-state index in [0.29, 0.717) is 28.6 Å². The number of halogens is 2. The van der Waals surface area contributed by atoms with Crippen molar-refractivity contribution in [1.29, 1.82) is 0 Å². The zero-order valence-corrected chi connectivity index (χ0v) is 20.4. The van der Waals surface area contributed by atoms with Crippen molar-refractivity contribution in [2.24, 2.45) is 11.8 Å². The summed E-state index contributed by atoms with van der Waals surface area (Å²) < 4.78 is 42.8. The number of allylic oxidation sites excluding steroid dienone is 2. The monoisotopic (exact) mass is 513 g/mol. The zero-order chi connectivity index (χ0) is 22.8. The molecule has 1 amide bonds. The van der Waals surface area contributed by atoms with Gasteiger partial charge < -0.3 is 10.2 Å². The van der Waals surface area contributed by atoms with E-state index in [1.807, 2.05) is 37.9 Å². The average molecular weight is 514 g/mol. The number of carbonyl (C=O) groups is 1. The van der Waals surface area contributed by atoms with E-state index in [-0.39, 0.29) is 42.6 Å². The summed E-state index contributed by atoms with van der Waals surface area (Å²) in [7, 11) is -3.63. The van der Waals surface area contributed by atoms with Crippen LogP contribution in [-0.4, -0.2) is 42.7 Å². The van der Waals surface area contributed by atoms with Crippen LogP contribution in [0.3, 0.4) is 0 Å². The van der Waals surface area contributed by atoms with Gasteiger partial charge in [-0.1, -0.05) is 28.9 Å². The molecular weight excluding hydrogens is 485 g/mol. The third kappa shape index (κ3) is 5.56. The lowest BCUT2D eigenvalue weighted by Gasteiger charge is -2.32. The standard InChI is InChI=1S/C22H29BrFN3O3S/c1-15(2)26-10-4-5-16(3)21(14-26)31(29,30)27-11-8-17(9-12-27)22(28)25-20-7-6-18(23)13-19(20)24/h4,6-7,10,13-17H,5,8-9,11-12H2,1-3H3,(H,25,28). The van der Waals surface area contributed by atoms with E-state index < -0.39 is 15.8 Å². The first-order valence-electron chi connectivity index (χ1n) is 10.5. The van der Waals surface area contributed by atoms with Crippen molar-refractivity contribution >= 4 is 37.5 Å². The summed E-state index contributed by atoms with van der Waals surface area (Å²) in [6, 6.07) is 4.61. The summed E-state index contributed by atoms with van der Waals surface area (Å²) in [5.41, 5.74) is 0.127. The molecule has 0 aromatic heterocycles. The fourth-order valence-electron chi connectivity index (χ4n) is 3.80. The Morgan fingerprint density at radius 2 is 1.94 bits per heavy atom. The highest BCUT2D eigenvalue weighted by molar-refractivity contribution is 9.10. The van der Waals surface area contributed by atoms with Crippen LogP contribution in [0.5, 0.6) is 0 Å². The van der Waals surface area contributed by atoms with E-state index in [4.69, 9.17) is 0 Å². The number of amides is 1. The highest BCUT2D eigenvalue weighted by Gasteiger charge is 2.35. The molecule has 2 aliphatic rings. The minimum absolute atomic E-state index is 0.119. The fraction of sp³-hybridized carbons (Fsp3) is 0.500. The largest absolute Gasteiger partial charge is 0.351 e. The molecule has 1 fully saturated rings. The minimum Gasteiger partial charge on any atom is -0.351 e. The first kappa shape index (κ1) is 23.9. The number of carbonyl (C=O) groups excluding carboxylic acids is 1. The second kappa shape index (κ2) is 9.83. The number of hydrogen-bond donors (Lipinski definition) is 1.